The lowest BCUT2D eigenvalue weighted by molar-refractivity contribution is 0.0931. The number of hydrogen-bond acceptors (Lipinski definition) is 4. The van der Waals surface area contributed by atoms with Gasteiger partial charge in [-0.1, -0.05) is 41.6 Å². The van der Waals surface area contributed by atoms with Gasteiger partial charge < -0.3 is 14.6 Å². The maximum Gasteiger partial charge on any atom is 0.251 e. The second kappa shape index (κ2) is 7.89. The maximum atomic E-state index is 12.9. The number of aryl methyl sites for hydroxylation is 2. The Balaban J connectivity index is 1.45. The van der Waals surface area contributed by atoms with Crippen molar-refractivity contribution in [3.8, 4) is 5.75 Å². The highest BCUT2D eigenvalue weighted by Crippen LogP contribution is 2.41. The van der Waals surface area contributed by atoms with Crippen LogP contribution in [0.15, 0.2) is 59.1 Å². The Bertz CT molecular complexity index is 941. The van der Waals surface area contributed by atoms with Gasteiger partial charge in [0.05, 0.1) is 17.3 Å². The van der Waals surface area contributed by atoms with Crippen LogP contribution in [0.4, 0.5) is 0 Å². The lowest BCUT2D eigenvalue weighted by atomic mass is 10.0. The van der Waals surface area contributed by atoms with Crippen LogP contribution < -0.4 is 10.1 Å². The third-order valence-corrected chi connectivity index (χ3v) is 5.20. The molecule has 144 valence electrons. The molecule has 1 aromatic heterocycles. The fourth-order valence-corrected chi connectivity index (χ4v) is 3.38. The summed E-state index contributed by atoms with van der Waals surface area (Å²) < 4.78 is 11.0. The van der Waals surface area contributed by atoms with Crippen LogP contribution in [0.25, 0.3) is 0 Å². The van der Waals surface area contributed by atoms with Crippen LogP contribution in [-0.2, 0) is 6.61 Å². The number of nitrogens with zero attached hydrogens (tertiary/aromatic N) is 1. The Kier molecular flexibility index (Phi) is 5.15. The summed E-state index contributed by atoms with van der Waals surface area (Å²) in [5, 5.41) is 7.15. The van der Waals surface area contributed by atoms with Crippen LogP contribution in [0.1, 0.15) is 51.8 Å². The van der Waals surface area contributed by atoms with Crippen LogP contribution in [-0.4, -0.2) is 11.1 Å². The average molecular weight is 376 g/mol. The van der Waals surface area contributed by atoms with Crippen LogP contribution in [0.2, 0.25) is 0 Å². The normalized spacial score (nSPS) is 14.5. The number of nitrogens with one attached hydrogen (secondary N) is 1. The molecule has 2 aromatic carbocycles. The standard InChI is InChI=1S/C23H24N2O3/c1-15-21(16(2)28-25-15)14-27-20-10-6-9-19(13-20)23(26)24-22(18-11-12-18)17-7-4-3-5-8-17/h3-10,13,18,22H,11-12,14H2,1-2H3,(H,24,26). The van der Waals surface area contributed by atoms with E-state index in [-0.39, 0.29) is 11.9 Å². The lowest BCUT2D eigenvalue weighted by Crippen LogP contribution is -2.29. The molecule has 1 amide bonds. The SMILES string of the molecule is Cc1noc(C)c1COc1cccc(C(=O)NC(c2ccccc2)C2CC2)c1. The summed E-state index contributed by atoms with van der Waals surface area (Å²) in [6.45, 7) is 4.12. The minimum Gasteiger partial charge on any atom is -0.489 e. The molecule has 28 heavy (non-hydrogen) atoms. The van der Waals surface area contributed by atoms with E-state index in [0.29, 0.717) is 23.8 Å². The van der Waals surface area contributed by atoms with Crippen LogP contribution in [0, 0.1) is 19.8 Å². The van der Waals surface area contributed by atoms with Gasteiger partial charge in [-0.05, 0) is 56.4 Å². The highest BCUT2D eigenvalue weighted by atomic mass is 16.5. The topological polar surface area (TPSA) is 64.4 Å². The van der Waals surface area contributed by atoms with E-state index in [1.54, 1.807) is 6.07 Å². The Morgan fingerprint density at radius 3 is 2.64 bits per heavy atom. The third-order valence-electron chi connectivity index (χ3n) is 5.20. The van der Waals surface area contributed by atoms with E-state index in [1.807, 2.05) is 50.2 Å². The fourth-order valence-electron chi connectivity index (χ4n) is 3.38. The van der Waals surface area contributed by atoms with E-state index < -0.39 is 0 Å². The minimum atomic E-state index is -0.0801. The van der Waals surface area contributed by atoms with E-state index in [4.69, 9.17) is 9.26 Å². The van der Waals surface area contributed by atoms with Gasteiger partial charge in [0.15, 0.2) is 0 Å². The predicted molar refractivity (Wildman–Crippen MR) is 106 cm³/mol. The molecule has 0 spiro atoms. The molecule has 1 aliphatic carbocycles. The first-order valence-corrected chi connectivity index (χ1v) is 9.62. The van der Waals surface area contributed by atoms with Crippen molar-refractivity contribution in [3.63, 3.8) is 0 Å². The number of aromatic nitrogens is 1. The predicted octanol–water partition coefficient (Wildman–Crippen LogP) is 4.75. The van der Waals surface area contributed by atoms with Crippen molar-refractivity contribution >= 4 is 5.91 Å². The summed E-state index contributed by atoms with van der Waals surface area (Å²) in [6.07, 6.45) is 2.31. The van der Waals surface area contributed by atoms with Crippen molar-refractivity contribution in [1.82, 2.24) is 10.5 Å². The van der Waals surface area contributed by atoms with Gasteiger partial charge in [-0.2, -0.15) is 0 Å². The number of carbonyl (C=O) groups excluding carboxylic acids is 1. The average Bonchev–Trinajstić information content (AvgIpc) is 3.51. The molecule has 5 nitrogen and oxygen atoms in total. The molecule has 4 rings (SSSR count). The van der Waals surface area contributed by atoms with E-state index in [0.717, 1.165) is 35.4 Å². The van der Waals surface area contributed by atoms with Crippen molar-refractivity contribution in [1.29, 1.82) is 0 Å². The molecule has 1 heterocycles. The molecule has 1 N–H and O–H groups in total. The number of rotatable bonds is 7. The maximum absolute atomic E-state index is 12.9. The Morgan fingerprint density at radius 1 is 1.18 bits per heavy atom. The fraction of sp³-hybridized carbons (Fsp3) is 0.304. The molecule has 1 unspecified atom stereocenters. The summed E-state index contributed by atoms with van der Waals surface area (Å²) in [6, 6.07) is 17.5. The first-order chi connectivity index (χ1) is 13.6. The Morgan fingerprint density at radius 2 is 1.96 bits per heavy atom. The monoisotopic (exact) mass is 376 g/mol. The third kappa shape index (κ3) is 4.09. The lowest BCUT2D eigenvalue weighted by Gasteiger charge is -2.19. The van der Waals surface area contributed by atoms with E-state index in [1.165, 1.54) is 0 Å². The number of benzene rings is 2. The van der Waals surface area contributed by atoms with E-state index >= 15 is 0 Å². The van der Waals surface area contributed by atoms with Crippen LogP contribution in [0.5, 0.6) is 5.75 Å². The molecule has 3 aromatic rings. The van der Waals surface area contributed by atoms with Crippen LogP contribution >= 0.6 is 0 Å². The summed E-state index contributed by atoms with van der Waals surface area (Å²) >= 11 is 0. The summed E-state index contributed by atoms with van der Waals surface area (Å²) in [7, 11) is 0. The molecule has 1 aliphatic rings. The van der Waals surface area contributed by atoms with Crippen molar-refractivity contribution in [2.45, 2.75) is 39.3 Å². The second-order valence-electron chi connectivity index (χ2n) is 7.32. The quantitative estimate of drug-likeness (QED) is 0.646. The Hall–Kier alpha value is -3.08. The van der Waals surface area contributed by atoms with Crippen molar-refractivity contribution < 1.29 is 14.1 Å². The zero-order valence-corrected chi connectivity index (χ0v) is 16.1. The zero-order chi connectivity index (χ0) is 19.5. The van der Waals surface area contributed by atoms with Crippen molar-refractivity contribution in [3.05, 3.63) is 82.7 Å². The van der Waals surface area contributed by atoms with Gasteiger partial charge in [0, 0.05) is 5.56 Å². The van der Waals surface area contributed by atoms with E-state index in [2.05, 4.69) is 22.6 Å². The first kappa shape index (κ1) is 18.3. The van der Waals surface area contributed by atoms with Crippen molar-refractivity contribution in [2.24, 2.45) is 5.92 Å². The number of ether oxygens (including phenoxy) is 1. The number of amides is 1. The molecular weight excluding hydrogens is 352 g/mol. The molecule has 0 saturated heterocycles. The molecule has 0 radical (unpaired) electrons. The molecule has 5 heteroatoms. The Labute approximate surface area is 164 Å². The first-order valence-electron chi connectivity index (χ1n) is 9.62. The van der Waals surface area contributed by atoms with Gasteiger partial charge in [-0.3, -0.25) is 4.79 Å². The molecule has 1 fully saturated rings. The van der Waals surface area contributed by atoms with Gasteiger partial charge >= 0.3 is 0 Å². The van der Waals surface area contributed by atoms with Gasteiger partial charge in [-0.15, -0.1) is 0 Å². The van der Waals surface area contributed by atoms with E-state index in [9.17, 15) is 4.79 Å². The summed E-state index contributed by atoms with van der Waals surface area (Å²) in [5.74, 6) is 1.84. The van der Waals surface area contributed by atoms with Gasteiger partial charge in [0.2, 0.25) is 0 Å². The summed E-state index contributed by atoms with van der Waals surface area (Å²) in [5.41, 5.74) is 3.51. The number of carbonyl (C=O) groups is 1. The number of hydrogen-bond donors (Lipinski definition) is 1. The zero-order valence-electron chi connectivity index (χ0n) is 16.1. The largest absolute Gasteiger partial charge is 0.489 e. The smallest absolute Gasteiger partial charge is 0.251 e. The highest BCUT2D eigenvalue weighted by molar-refractivity contribution is 5.94. The molecule has 1 atom stereocenters. The van der Waals surface area contributed by atoms with Crippen LogP contribution in [0.3, 0.4) is 0 Å². The van der Waals surface area contributed by atoms with Gasteiger partial charge in [-0.25, -0.2) is 0 Å². The van der Waals surface area contributed by atoms with Gasteiger partial charge in [0.1, 0.15) is 18.1 Å². The molecule has 0 bridgehead atoms. The van der Waals surface area contributed by atoms with Gasteiger partial charge in [0.25, 0.3) is 5.91 Å². The molecule has 0 aliphatic heterocycles. The summed E-state index contributed by atoms with van der Waals surface area (Å²) in [4.78, 5) is 12.9. The molecule has 1 saturated carbocycles. The highest BCUT2D eigenvalue weighted by Gasteiger charge is 2.33. The second-order valence-corrected chi connectivity index (χ2v) is 7.32. The minimum absolute atomic E-state index is 0.0561. The van der Waals surface area contributed by atoms with Crippen molar-refractivity contribution in [2.75, 3.05) is 0 Å². The molecular formula is C23H24N2O3.